The van der Waals surface area contributed by atoms with Gasteiger partial charge in [-0.1, -0.05) is 72.0 Å². The van der Waals surface area contributed by atoms with Crippen molar-refractivity contribution in [3.8, 4) is 0 Å². The lowest BCUT2D eigenvalue weighted by molar-refractivity contribution is -0.384. The number of esters is 1. The Balaban J connectivity index is 1.60. The number of aromatic nitrogens is 1. The van der Waals surface area contributed by atoms with Gasteiger partial charge in [-0.15, -0.1) is 0 Å². The molecule has 1 atom stereocenters. The highest BCUT2D eigenvalue weighted by Crippen LogP contribution is 2.35. The van der Waals surface area contributed by atoms with E-state index in [0.29, 0.717) is 20.6 Å². The van der Waals surface area contributed by atoms with Gasteiger partial charge in [-0.25, -0.2) is 9.79 Å². The number of hydrogen-bond donors (Lipinski definition) is 0. The lowest BCUT2D eigenvalue weighted by Crippen LogP contribution is -2.44. The molecule has 2 aliphatic heterocycles. The first-order chi connectivity index (χ1) is 21.4. The van der Waals surface area contributed by atoms with Crippen LogP contribution in [0.2, 0.25) is 0 Å². The molecule has 224 valence electrons. The second kappa shape index (κ2) is 12.4. The first-order valence-corrected chi connectivity index (χ1v) is 15.2. The van der Waals surface area contributed by atoms with E-state index in [1.165, 1.54) is 28.0 Å². The van der Waals surface area contributed by atoms with Gasteiger partial charge in [0.15, 0.2) is 4.80 Å². The normalized spacial score (nSPS) is 17.3. The summed E-state index contributed by atoms with van der Waals surface area (Å²) in [5, 5.41) is 11.7. The van der Waals surface area contributed by atoms with Crippen LogP contribution in [0.25, 0.3) is 11.8 Å². The monoisotopic (exact) mass is 609 g/mol. The maximum atomic E-state index is 14.3. The minimum Gasteiger partial charge on any atom is -0.463 e. The van der Waals surface area contributed by atoms with Crippen LogP contribution in [-0.4, -0.2) is 60.2 Å². The molecular weight excluding hydrogens is 578 g/mol. The Morgan fingerprint density at radius 1 is 1.05 bits per heavy atom. The number of piperazine rings is 1. The predicted octanol–water partition coefficient (Wildman–Crippen LogP) is 3.60. The van der Waals surface area contributed by atoms with E-state index in [4.69, 9.17) is 9.73 Å². The van der Waals surface area contributed by atoms with Crippen LogP contribution < -0.4 is 19.8 Å². The van der Waals surface area contributed by atoms with Gasteiger partial charge in [0.2, 0.25) is 0 Å². The molecule has 3 aromatic carbocycles. The average molecular weight is 610 g/mol. The minimum absolute atomic E-state index is 0.0555. The third-order valence-corrected chi connectivity index (χ3v) is 8.82. The fraction of sp³-hybridized carbons (Fsp3) is 0.242. The van der Waals surface area contributed by atoms with Gasteiger partial charge in [-0.3, -0.25) is 19.5 Å². The fourth-order valence-corrected chi connectivity index (χ4v) is 6.63. The third kappa shape index (κ3) is 5.59. The van der Waals surface area contributed by atoms with Gasteiger partial charge in [-0.05, 0) is 31.7 Å². The van der Waals surface area contributed by atoms with Gasteiger partial charge in [0.25, 0.3) is 11.2 Å². The summed E-state index contributed by atoms with van der Waals surface area (Å²) in [7, 11) is 2.06. The van der Waals surface area contributed by atoms with Crippen molar-refractivity contribution in [1.29, 1.82) is 0 Å². The minimum atomic E-state index is -0.786. The number of likely N-dealkylation sites (N-methyl/N-ethyl adjacent to an activating group) is 1. The fourth-order valence-electron chi connectivity index (χ4n) is 5.64. The SMILES string of the molecule is CCOC(=O)C1=C(c2ccccc2)N=c2s/c(=C/c3cc([N+](=O)[O-])ccc3N3CCN(C)CC3)c(=O)n2C1c1ccccc1. The molecule has 11 heteroatoms. The molecule has 6 rings (SSSR count). The van der Waals surface area contributed by atoms with Crippen molar-refractivity contribution < 1.29 is 14.5 Å². The summed E-state index contributed by atoms with van der Waals surface area (Å²) in [6, 6.07) is 22.7. The topological polar surface area (TPSA) is 110 Å². The molecule has 1 fully saturated rings. The lowest BCUT2D eigenvalue weighted by Gasteiger charge is -2.34. The Morgan fingerprint density at radius 3 is 2.39 bits per heavy atom. The number of nitrogens with zero attached hydrogens (tertiary/aromatic N) is 5. The summed E-state index contributed by atoms with van der Waals surface area (Å²) < 4.78 is 7.42. The summed E-state index contributed by atoms with van der Waals surface area (Å²) in [6.45, 7) is 5.13. The van der Waals surface area contributed by atoms with E-state index < -0.39 is 16.9 Å². The summed E-state index contributed by atoms with van der Waals surface area (Å²) in [6.07, 6.45) is 1.71. The van der Waals surface area contributed by atoms with E-state index in [2.05, 4.69) is 16.8 Å². The van der Waals surface area contributed by atoms with Crippen LogP contribution in [0.15, 0.2) is 94.2 Å². The molecule has 0 amide bonds. The second-order valence-electron chi connectivity index (χ2n) is 10.6. The second-order valence-corrected chi connectivity index (χ2v) is 11.6. The number of rotatable bonds is 7. The number of benzene rings is 3. The molecule has 0 N–H and O–H groups in total. The van der Waals surface area contributed by atoms with Crippen LogP contribution in [-0.2, 0) is 9.53 Å². The van der Waals surface area contributed by atoms with E-state index >= 15 is 0 Å². The molecule has 0 spiro atoms. The van der Waals surface area contributed by atoms with Crippen molar-refractivity contribution in [3.05, 3.63) is 131 Å². The number of hydrogen-bond acceptors (Lipinski definition) is 9. The van der Waals surface area contributed by atoms with E-state index in [-0.39, 0.29) is 23.4 Å². The van der Waals surface area contributed by atoms with E-state index in [1.807, 2.05) is 60.7 Å². The summed E-state index contributed by atoms with van der Waals surface area (Å²) >= 11 is 1.20. The molecule has 0 bridgehead atoms. The zero-order chi connectivity index (χ0) is 30.8. The molecule has 44 heavy (non-hydrogen) atoms. The number of nitro benzene ring substituents is 1. The number of thiazole rings is 1. The predicted molar refractivity (Wildman–Crippen MR) is 170 cm³/mol. The first-order valence-electron chi connectivity index (χ1n) is 14.4. The van der Waals surface area contributed by atoms with Crippen LogP contribution >= 0.6 is 11.3 Å². The van der Waals surface area contributed by atoms with Gasteiger partial charge in [0.1, 0.15) is 0 Å². The first kappa shape index (κ1) is 29.2. The Bertz CT molecular complexity index is 1930. The van der Waals surface area contributed by atoms with Crippen molar-refractivity contribution in [1.82, 2.24) is 9.47 Å². The number of fused-ring (bicyclic) bond motifs is 1. The van der Waals surface area contributed by atoms with Crippen molar-refractivity contribution in [2.24, 2.45) is 4.99 Å². The zero-order valence-electron chi connectivity index (χ0n) is 24.4. The lowest BCUT2D eigenvalue weighted by atomic mass is 9.93. The van der Waals surface area contributed by atoms with Gasteiger partial charge >= 0.3 is 5.97 Å². The molecule has 4 aromatic rings. The van der Waals surface area contributed by atoms with Gasteiger partial charge in [-0.2, -0.15) is 0 Å². The Morgan fingerprint density at radius 2 is 1.73 bits per heavy atom. The maximum absolute atomic E-state index is 14.3. The Hall–Kier alpha value is -4.87. The van der Waals surface area contributed by atoms with Crippen LogP contribution in [0.1, 0.15) is 29.7 Å². The van der Waals surface area contributed by atoms with E-state index in [9.17, 15) is 19.7 Å². The standard InChI is InChI=1S/C33H31N5O5S/c1-3-43-32(40)28-29(22-10-6-4-7-11-22)34-33-37(30(28)23-12-8-5-9-13-23)31(39)27(44-33)21-24-20-25(38(41)42)14-15-26(24)36-18-16-35(2)17-19-36/h4-15,20-21,30H,3,16-19H2,1-2H3/b27-21+. The van der Waals surface area contributed by atoms with Crippen LogP contribution in [0.3, 0.4) is 0 Å². The molecule has 0 radical (unpaired) electrons. The molecule has 1 saturated heterocycles. The zero-order valence-corrected chi connectivity index (χ0v) is 25.2. The van der Waals surface area contributed by atoms with Crippen molar-refractivity contribution >= 4 is 40.5 Å². The smallest absolute Gasteiger partial charge is 0.338 e. The third-order valence-electron chi connectivity index (χ3n) is 7.84. The number of carbonyl (C=O) groups excluding carboxylic acids is 1. The summed E-state index contributed by atoms with van der Waals surface area (Å²) in [5.41, 5.74) is 3.19. The van der Waals surface area contributed by atoms with E-state index in [1.54, 1.807) is 19.1 Å². The highest BCUT2D eigenvalue weighted by Gasteiger charge is 2.35. The number of nitro groups is 1. The molecule has 1 aromatic heterocycles. The maximum Gasteiger partial charge on any atom is 0.338 e. The van der Waals surface area contributed by atoms with Crippen molar-refractivity contribution in [3.63, 3.8) is 0 Å². The summed E-state index contributed by atoms with van der Waals surface area (Å²) in [5.74, 6) is -0.547. The van der Waals surface area contributed by atoms with Crippen molar-refractivity contribution in [2.45, 2.75) is 13.0 Å². The molecule has 1 unspecified atom stereocenters. The van der Waals surface area contributed by atoms with Gasteiger partial charge in [0.05, 0.1) is 33.4 Å². The van der Waals surface area contributed by atoms with Gasteiger partial charge in [0, 0.05) is 55.1 Å². The largest absolute Gasteiger partial charge is 0.463 e. The average Bonchev–Trinajstić information content (AvgIpc) is 3.35. The molecule has 0 saturated carbocycles. The van der Waals surface area contributed by atoms with Crippen LogP contribution in [0.4, 0.5) is 11.4 Å². The van der Waals surface area contributed by atoms with Crippen molar-refractivity contribution in [2.75, 3.05) is 44.7 Å². The number of anilines is 1. The molecular formula is C33H31N5O5S. The van der Waals surface area contributed by atoms with Crippen LogP contribution in [0, 0.1) is 10.1 Å². The quantitative estimate of drug-likeness (QED) is 0.179. The molecule has 3 heterocycles. The number of ether oxygens (including phenoxy) is 1. The highest BCUT2D eigenvalue weighted by molar-refractivity contribution is 7.07. The Labute approximate surface area is 257 Å². The molecule has 2 aliphatic rings. The van der Waals surface area contributed by atoms with E-state index in [0.717, 1.165) is 43.0 Å². The Kier molecular flexibility index (Phi) is 8.23. The number of carbonyl (C=O) groups is 1. The molecule has 10 nitrogen and oxygen atoms in total. The van der Waals surface area contributed by atoms with Crippen LogP contribution in [0.5, 0.6) is 0 Å². The molecule has 0 aliphatic carbocycles. The summed E-state index contributed by atoms with van der Waals surface area (Å²) in [4.78, 5) is 48.9. The van der Waals surface area contributed by atoms with Gasteiger partial charge < -0.3 is 14.5 Å². The highest BCUT2D eigenvalue weighted by atomic mass is 32.1. The number of non-ortho nitro benzene ring substituents is 1.